The zero-order chi connectivity index (χ0) is 13.8. The van der Waals surface area contributed by atoms with Gasteiger partial charge in [0.2, 0.25) is 0 Å². The second-order valence-corrected chi connectivity index (χ2v) is 6.00. The maximum absolute atomic E-state index is 10.8. The molecule has 0 saturated heterocycles. The predicted molar refractivity (Wildman–Crippen MR) is 80.2 cm³/mol. The van der Waals surface area contributed by atoms with E-state index >= 15 is 0 Å². The lowest BCUT2D eigenvalue weighted by Gasteiger charge is -2.25. The summed E-state index contributed by atoms with van der Waals surface area (Å²) in [6.45, 7) is 5.16. The van der Waals surface area contributed by atoms with E-state index in [2.05, 4.69) is 17.9 Å². The summed E-state index contributed by atoms with van der Waals surface area (Å²) in [4.78, 5) is 2.36. The quantitative estimate of drug-likeness (QED) is 0.868. The van der Waals surface area contributed by atoms with Crippen molar-refractivity contribution in [3.8, 4) is 0 Å². The van der Waals surface area contributed by atoms with Gasteiger partial charge in [-0.05, 0) is 29.7 Å². The number of halogens is 1. The van der Waals surface area contributed by atoms with E-state index in [0.29, 0.717) is 10.6 Å². The molecule has 1 heterocycles. The van der Waals surface area contributed by atoms with Crippen molar-refractivity contribution in [2.45, 2.75) is 19.1 Å². The molecule has 19 heavy (non-hydrogen) atoms. The Morgan fingerprint density at radius 1 is 1.37 bits per heavy atom. The van der Waals surface area contributed by atoms with Crippen LogP contribution in [-0.4, -0.2) is 33.0 Å². The average Bonchev–Trinajstić information content (AvgIpc) is 2.41. The minimum Gasteiger partial charge on any atom is -0.300 e. The van der Waals surface area contributed by atoms with Crippen LogP contribution in [0.4, 0.5) is 0 Å². The first-order valence-electron chi connectivity index (χ1n) is 6.42. The fourth-order valence-corrected chi connectivity index (χ4v) is 3.28. The van der Waals surface area contributed by atoms with Crippen molar-refractivity contribution in [3.05, 3.63) is 40.4 Å². The molecule has 1 aromatic rings. The van der Waals surface area contributed by atoms with E-state index in [-0.39, 0.29) is 5.75 Å². The SMILES string of the molecule is CCN1CC=C(c2cccc(C[SH](=O)=O)c2Cl)CC1. The third kappa shape index (κ3) is 3.59. The van der Waals surface area contributed by atoms with E-state index in [9.17, 15) is 8.42 Å². The standard InChI is InChI=1S/C14H18ClNO2S/c1-2-16-8-6-11(7-9-16)13-5-3-4-12(14(13)15)10-19(17)18/h3-6,19H,2,7-10H2,1H3. The minimum absolute atomic E-state index is 0.0103. The molecule has 3 nitrogen and oxygen atoms in total. The van der Waals surface area contributed by atoms with E-state index in [0.717, 1.165) is 31.6 Å². The van der Waals surface area contributed by atoms with Gasteiger partial charge in [-0.3, -0.25) is 4.90 Å². The van der Waals surface area contributed by atoms with Gasteiger partial charge >= 0.3 is 0 Å². The van der Waals surface area contributed by atoms with Crippen molar-refractivity contribution in [1.82, 2.24) is 4.90 Å². The molecule has 5 heteroatoms. The fourth-order valence-electron chi connectivity index (χ4n) is 2.33. The number of likely N-dealkylation sites (N-methyl/N-ethyl adjacent to an activating group) is 1. The molecule has 0 bridgehead atoms. The number of rotatable bonds is 4. The maximum Gasteiger partial charge on any atom is 0.144 e. The number of nitrogens with zero attached hydrogens (tertiary/aromatic N) is 1. The number of hydrogen-bond donors (Lipinski definition) is 1. The second kappa shape index (κ2) is 6.55. The summed E-state index contributed by atoms with van der Waals surface area (Å²) in [5.41, 5.74) is 2.89. The van der Waals surface area contributed by atoms with Crippen molar-refractivity contribution in [2.24, 2.45) is 0 Å². The van der Waals surface area contributed by atoms with Crippen molar-refractivity contribution >= 4 is 27.9 Å². The van der Waals surface area contributed by atoms with Gasteiger partial charge < -0.3 is 0 Å². The molecule has 1 aromatic carbocycles. The normalized spacial score (nSPS) is 16.7. The Bertz CT molecular complexity index is 559. The Hall–Kier alpha value is -0.840. The van der Waals surface area contributed by atoms with Crippen LogP contribution in [0, 0.1) is 0 Å². The number of benzene rings is 1. The number of thiol groups is 1. The third-order valence-corrected chi connectivity index (χ3v) is 4.51. The molecular weight excluding hydrogens is 282 g/mol. The summed E-state index contributed by atoms with van der Waals surface area (Å²) in [6.07, 6.45) is 3.15. The van der Waals surface area contributed by atoms with E-state index in [1.807, 2.05) is 12.1 Å². The summed E-state index contributed by atoms with van der Waals surface area (Å²) in [5.74, 6) is 0.0103. The summed E-state index contributed by atoms with van der Waals surface area (Å²) in [5, 5.41) is 0.581. The molecule has 1 aliphatic heterocycles. The lowest BCUT2D eigenvalue weighted by atomic mass is 9.98. The molecule has 0 N–H and O–H groups in total. The summed E-state index contributed by atoms with van der Waals surface area (Å²) >= 11 is 6.33. The summed E-state index contributed by atoms with van der Waals surface area (Å²) in [6, 6.07) is 5.62. The molecule has 0 aliphatic carbocycles. The Kier molecular flexibility index (Phi) is 5.02. The van der Waals surface area contributed by atoms with Gasteiger partial charge in [-0.25, -0.2) is 8.42 Å². The van der Waals surface area contributed by atoms with Gasteiger partial charge in [-0.1, -0.05) is 42.8 Å². The Balaban J connectivity index is 2.28. The van der Waals surface area contributed by atoms with Gasteiger partial charge in [0.05, 0.1) is 10.8 Å². The zero-order valence-electron chi connectivity index (χ0n) is 10.9. The van der Waals surface area contributed by atoms with Gasteiger partial charge in [0.25, 0.3) is 0 Å². The first-order valence-corrected chi connectivity index (χ1v) is 8.16. The molecule has 0 aromatic heterocycles. The minimum atomic E-state index is -2.44. The Labute approximate surface area is 120 Å². The first kappa shape index (κ1) is 14.6. The summed E-state index contributed by atoms with van der Waals surface area (Å²) in [7, 11) is -2.44. The molecule has 0 atom stereocenters. The molecule has 0 unspecified atom stereocenters. The maximum atomic E-state index is 10.8. The topological polar surface area (TPSA) is 37.4 Å². The Morgan fingerprint density at radius 2 is 2.16 bits per heavy atom. The molecule has 2 rings (SSSR count). The molecule has 1 aliphatic rings. The van der Waals surface area contributed by atoms with Crippen molar-refractivity contribution < 1.29 is 8.42 Å². The average molecular weight is 300 g/mol. The van der Waals surface area contributed by atoms with Crippen LogP contribution in [0.25, 0.3) is 5.57 Å². The van der Waals surface area contributed by atoms with Crippen LogP contribution in [0.5, 0.6) is 0 Å². The monoisotopic (exact) mass is 299 g/mol. The van der Waals surface area contributed by atoms with Crippen LogP contribution in [-0.2, 0) is 16.5 Å². The van der Waals surface area contributed by atoms with Crippen molar-refractivity contribution in [1.29, 1.82) is 0 Å². The molecule has 104 valence electrons. The van der Waals surface area contributed by atoms with Crippen LogP contribution in [0.3, 0.4) is 0 Å². The van der Waals surface area contributed by atoms with Gasteiger partial charge in [-0.15, -0.1) is 0 Å². The van der Waals surface area contributed by atoms with E-state index in [4.69, 9.17) is 11.6 Å². The van der Waals surface area contributed by atoms with E-state index < -0.39 is 10.7 Å². The zero-order valence-corrected chi connectivity index (χ0v) is 12.6. The predicted octanol–water partition coefficient (Wildman–Crippen LogP) is 2.56. The van der Waals surface area contributed by atoms with Crippen LogP contribution in [0.2, 0.25) is 5.02 Å². The highest BCUT2D eigenvalue weighted by Crippen LogP contribution is 2.31. The largest absolute Gasteiger partial charge is 0.300 e. The second-order valence-electron chi connectivity index (χ2n) is 4.64. The molecular formula is C14H18ClNO2S. The molecule has 0 fully saturated rings. The van der Waals surface area contributed by atoms with Gasteiger partial charge in [0.15, 0.2) is 0 Å². The lowest BCUT2D eigenvalue weighted by molar-refractivity contribution is 0.319. The van der Waals surface area contributed by atoms with Crippen molar-refractivity contribution in [3.63, 3.8) is 0 Å². The molecule has 0 saturated carbocycles. The van der Waals surface area contributed by atoms with Crippen LogP contribution < -0.4 is 0 Å². The third-order valence-electron chi connectivity index (χ3n) is 3.46. The van der Waals surface area contributed by atoms with E-state index in [1.54, 1.807) is 6.07 Å². The lowest BCUT2D eigenvalue weighted by Crippen LogP contribution is -2.28. The highest BCUT2D eigenvalue weighted by molar-refractivity contribution is 7.71. The van der Waals surface area contributed by atoms with Crippen LogP contribution in [0.15, 0.2) is 24.3 Å². The van der Waals surface area contributed by atoms with Gasteiger partial charge in [0, 0.05) is 13.1 Å². The molecule has 0 amide bonds. The smallest absolute Gasteiger partial charge is 0.144 e. The highest BCUT2D eigenvalue weighted by atomic mass is 35.5. The van der Waals surface area contributed by atoms with E-state index in [1.165, 1.54) is 5.57 Å². The summed E-state index contributed by atoms with van der Waals surface area (Å²) < 4.78 is 21.7. The first-order chi connectivity index (χ1) is 9.11. The molecule has 0 spiro atoms. The Morgan fingerprint density at radius 3 is 2.74 bits per heavy atom. The fraction of sp³-hybridized carbons (Fsp3) is 0.429. The van der Waals surface area contributed by atoms with Crippen LogP contribution >= 0.6 is 11.6 Å². The van der Waals surface area contributed by atoms with Crippen molar-refractivity contribution in [2.75, 3.05) is 19.6 Å². The number of hydrogen-bond acceptors (Lipinski definition) is 3. The van der Waals surface area contributed by atoms with Gasteiger partial charge in [-0.2, -0.15) is 0 Å². The van der Waals surface area contributed by atoms with Gasteiger partial charge in [0.1, 0.15) is 10.7 Å². The highest BCUT2D eigenvalue weighted by Gasteiger charge is 2.15. The van der Waals surface area contributed by atoms with Crippen LogP contribution in [0.1, 0.15) is 24.5 Å². The molecule has 0 radical (unpaired) electrons.